The lowest BCUT2D eigenvalue weighted by atomic mass is 10.0. The van der Waals surface area contributed by atoms with Crippen LogP contribution in [0.4, 0.5) is 5.69 Å². The molecule has 0 aliphatic rings. The average Bonchev–Trinajstić information content (AvgIpc) is 2.37. The van der Waals surface area contributed by atoms with Gasteiger partial charge in [-0.15, -0.1) is 0 Å². The number of hydrogen-bond acceptors (Lipinski definition) is 6. The minimum Gasteiger partial charge on any atom is -0.495 e. The molecule has 7 heteroatoms. The van der Waals surface area contributed by atoms with Gasteiger partial charge in [-0.3, -0.25) is 14.9 Å². The Morgan fingerprint density at radius 3 is 2.68 bits per heavy atom. The van der Waals surface area contributed by atoms with E-state index in [9.17, 15) is 14.9 Å². The number of hydrogen-bond donors (Lipinski definition) is 0. The second kappa shape index (κ2) is 6.35. The molecule has 100 valence electrons. The van der Waals surface area contributed by atoms with Gasteiger partial charge in [0.25, 0.3) is 5.69 Å². The summed E-state index contributed by atoms with van der Waals surface area (Å²) >= 11 is 0. The molecule has 0 radical (unpaired) electrons. The fourth-order valence-corrected chi connectivity index (χ4v) is 1.61. The van der Waals surface area contributed by atoms with E-state index in [2.05, 4.69) is 0 Å². The molecular formula is C12H12N2O5. The van der Waals surface area contributed by atoms with E-state index >= 15 is 0 Å². The van der Waals surface area contributed by atoms with E-state index in [0.29, 0.717) is 0 Å². The molecule has 0 atom stereocenters. The molecule has 0 amide bonds. The Labute approximate surface area is 109 Å². The van der Waals surface area contributed by atoms with Gasteiger partial charge in [-0.05, 0) is 13.0 Å². The maximum atomic E-state index is 11.5. The summed E-state index contributed by atoms with van der Waals surface area (Å²) in [6, 6.07) is 4.35. The van der Waals surface area contributed by atoms with Crippen LogP contribution in [0.2, 0.25) is 0 Å². The predicted octanol–water partition coefficient (Wildman–Crippen LogP) is 1.58. The molecule has 0 fully saturated rings. The first-order valence-electron chi connectivity index (χ1n) is 5.45. The van der Waals surface area contributed by atoms with Gasteiger partial charge in [0.1, 0.15) is 17.4 Å². The van der Waals surface area contributed by atoms with Crippen molar-refractivity contribution in [1.29, 1.82) is 5.26 Å². The standard InChI is InChI=1S/C12H12N2O5/c1-3-19-12(15)6-8-9(7-13)11(18-2)5-4-10(8)14(16)17/h4-5H,3,6H2,1-2H3. The quantitative estimate of drug-likeness (QED) is 0.454. The second-order valence-corrected chi connectivity index (χ2v) is 3.49. The number of carbonyl (C=O) groups excluding carboxylic acids is 1. The number of benzene rings is 1. The third-order valence-electron chi connectivity index (χ3n) is 2.40. The number of nitro benzene ring substituents is 1. The summed E-state index contributed by atoms with van der Waals surface area (Å²) in [5.41, 5.74) is -0.319. The monoisotopic (exact) mass is 264 g/mol. The van der Waals surface area contributed by atoms with Crippen molar-refractivity contribution in [3.63, 3.8) is 0 Å². The van der Waals surface area contributed by atoms with Gasteiger partial charge in [0.2, 0.25) is 0 Å². The van der Waals surface area contributed by atoms with Crippen LogP contribution in [0, 0.1) is 21.4 Å². The highest BCUT2D eigenvalue weighted by atomic mass is 16.6. The molecule has 1 aromatic rings. The van der Waals surface area contributed by atoms with Crippen molar-refractivity contribution >= 4 is 11.7 Å². The number of nitro groups is 1. The molecule has 0 unspecified atom stereocenters. The first-order chi connectivity index (χ1) is 9.04. The van der Waals surface area contributed by atoms with Crippen LogP contribution in [0.3, 0.4) is 0 Å². The Bertz CT molecular complexity index is 548. The van der Waals surface area contributed by atoms with E-state index in [1.165, 1.54) is 19.2 Å². The Balaban J connectivity index is 3.34. The van der Waals surface area contributed by atoms with Crippen LogP contribution in [0.1, 0.15) is 18.1 Å². The summed E-state index contributed by atoms with van der Waals surface area (Å²) in [6.07, 6.45) is -0.343. The summed E-state index contributed by atoms with van der Waals surface area (Å²) in [7, 11) is 1.34. The number of esters is 1. The molecule has 0 saturated carbocycles. The van der Waals surface area contributed by atoms with Gasteiger partial charge in [0.15, 0.2) is 0 Å². The number of rotatable bonds is 5. The van der Waals surface area contributed by atoms with Crippen molar-refractivity contribution < 1.29 is 19.2 Å². The lowest BCUT2D eigenvalue weighted by Gasteiger charge is -2.08. The Morgan fingerprint density at radius 1 is 1.53 bits per heavy atom. The van der Waals surface area contributed by atoms with Crippen LogP contribution in [-0.2, 0) is 16.0 Å². The number of ether oxygens (including phenoxy) is 2. The summed E-state index contributed by atoms with van der Waals surface area (Å²) in [6.45, 7) is 1.79. The normalized spacial score (nSPS) is 9.53. The zero-order chi connectivity index (χ0) is 14.4. The van der Waals surface area contributed by atoms with Crippen molar-refractivity contribution in [2.75, 3.05) is 13.7 Å². The molecule has 0 saturated heterocycles. The molecule has 0 heterocycles. The SMILES string of the molecule is CCOC(=O)Cc1c([N+](=O)[O-])ccc(OC)c1C#N. The van der Waals surface area contributed by atoms with Gasteiger partial charge in [-0.1, -0.05) is 0 Å². The smallest absolute Gasteiger partial charge is 0.310 e. The minimum atomic E-state index is -0.644. The van der Waals surface area contributed by atoms with E-state index in [1.807, 2.05) is 6.07 Å². The van der Waals surface area contributed by atoms with Crippen LogP contribution in [0.5, 0.6) is 5.75 Å². The van der Waals surface area contributed by atoms with Crippen LogP contribution in [-0.4, -0.2) is 24.6 Å². The third kappa shape index (κ3) is 3.19. The third-order valence-corrected chi connectivity index (χ3v) is 2.40. The molecule has 0 aliphatic heterocycles. The maximum Gasteiger partial charge on any atom is 0.310 e. The first-order valence-corrected chi connectivity index (χ1v) is 5.45. The average molecular weight is 264 g/mol. The molecule has 19 heavy (non-hydrogen) atoms. The van der Waals surface area contributed by atoms with Crippen LogP contribution in [0.25, 0.3) is 0 Å². The van der Waals surface area contributed by atoms with Crippen molar-refractivity contribution in [3.05, 3.63) is 33.4 Å². The van der Waals surface area contributed by atoms with E-state index in [4.69, 9.17) is 14.7 Å². The lowest BCUT2D eigenvalue weighted by Crippen LogP contribution is -2.11. The highest BCUT2D eigenvalue weighted by Gasteiger charge is 2.24. The maximum absolute atomic E-state index is 11.5. The van der Waals surface area contributed by atoms with Crippen molar-refractivity contribution in [3.8, 4) is 11.8 Å². The van der Waals surface area contributed by atoms with Gasteiger partial charge < -0.3 is 9.47 Å². The zero-order valence-electron chi connectivity index (χ0n) is 10.5. The van der Waals surface area contributed by atoms with Gasteiger partial charge in [-0.2, -0.15) is 5.26 Å². The minimum absolute atomic E-state index is 0.00491. The van der Waals surface area contributed by atoms with Crippen LogP contribution >= 0.6 is 0 Å². The zero-order valence-corrected chi connectivity index (χ0v) is 10.5. The molecule has 1 aromatic carbocycles. The molecule has 0 bridgehead atoms. The van der Waals surface area contributed by atoms with E-state index in [1.54, 1.807) is 6.92 Å². The van der Waals surface area contributed by atoms with Gasteiger partial charge in [0, 0.05) is 6.07 Å². The fraction of sp³-hybridized carbons (Fsp3) is 0.333. The summed E-state index contributed by atoms with van der Waals surface area (Å²) in [4.78, 5) is 21.7. The second-order valence-electron chi connectivity index (χ2n) is 3.49. The molecule has 0 aromatic heterocycles. The number of carbonyl (C=O) groups is 1. The topological polar surface area (TPSA) is 102 Å². The first kappa shape index (κ1) is 14.4. The van der Waals surface area contributed by atoms with E-state index < -0.39 is 10.9 Å². The van der Waals surface area contributed by atoms with Gasteiger partial charge in [-0.25, -0.2) is 0 Å². The highest BCUT2D eigenvalue weighted by Crippen LogP contribution is 2.30. The summed E-state index contributed by atoms with van der Waals surface area (Å²) in [5.74, 6) is -0.442. The van der Waals surface area contributed by atoms with Crippen LogP contribution in [0.15, 0.2) is 12.1 Å². The van der Waals surface area contributed by atoms with E-state index in [-0.39, 0.29) is 35.6 Å². The fourth-order valence-electron chi connectivity index (χ4n) is 1.61. The summed E-state index contributed by atoms with van der Waals surface area (Å²) < 4.78 is 9.70. The number of nitrogens with zero attached hydrogens (tertiary/aromatic N) is 2. The largest absolute Gasteiger partial charge is 0.495 e. The number of methoxy groups -OCH3 is 1. The van der Waals surface area contributed by atoms with Crippen molar-refractivity contribution in [1.82, 2.24) is 0 Å². The highest BCUT2D eigenvalue weighted by molar-refractivity contribution is 5.76. The number of nitriles is 1. The van der Waals surface area contributed by atoms with Gasteiger partial charge >= 0.3 is 5.97 Å². The van der Waals surface area contributed by atoms with E-state index in [0.717, 1.165) is 0 Å². The molecule has 0 spiro atoms. The van der Waals surface area contributed by atoms with Crippen LogP contribution < -0.4 is 4.74 Å². The molecular weight excluding hydrogens is 252 g/mol. The lowest BCUT2D eigenvalue weighted by molar-refractivity contribution is -0.385. The summed E-state index contributed by atoms with van der Waals surface area (Å²) in [5, 5.41) is 20.0. The molecule has 0 N–H and O–H groups in total. The Kier molecular flexibility index (Phi) is 4.83. The molecule has 1 rings (SSSR count). The Morgan fingerprint density at radius 2 is 2.21 bits per heavy atom. The predicted molar refractivity (Wildman–Crippen MR) is 64.7 cm³/mol. The van der Waals surface area contributed by atoms with Crippen molar-refractivity contribution in [2.24, 2.45) is 0 Å². The van der Waals surface area contributed by atoms with Gasteiger partial charge in [0.05, 0.1) is 30.6 Å². The molecule has 0 aliphatic carbocycles. The Hall–Kier alpha value is -2.62. The van der Waals surface area contributed by atoms with Crippen molar-refractivity contribution in [2.45, 2.75) is 13.3 Å². The molecule has 7 nitrogen and oxygen atoms in total.